The predicted octanol–water partition coefficient (Wildman–Crippen LogP) is 1.83. The average Bonchev–Trinajstić information content (AvgIpc) is 2.06. The molecule has 0 aromatic heterocycles. The van der Waals surface area contributed by atoms with Crippen LogP contribution < -0.4 is 0 Å². The Hall–Kier alpha value is -1.05. The minimum atomic E-state index is -0.147. The number of allylic oxidation sites excluding steroid dienone is 3. The highest BCUT2D eigenvalue weighted by molar-refractivity contribution is 5.72. The van der Waals surface area contributed by atoms with E-state index in [1.165, 1.54) is 12.7 Å². The average molecular weight is 152 g/mol. The first-order chi connectivity index (χ1) is 5.33. The summed E-state index contributed by atoms with van der Waals surface area (Å²) in [5.74, 6) is -0.147. The SMILES string of the molecule is COC(=O)CC1=CC=CCC1. The Labute approximate surface area is 66.5 Å². The lowest BCUT2D eigenvalue weighted by molar-refractivity contribution is -0.139. The van der Waals surface area contributed by atoms with Crippen LogP contribution in [0.3, 0.4) is 0 Å². The molecule has 0 aromatic rings. The summed E-state index contributed by atoms with van der Waals surface area (Å²) in [7, 11) is 1.42. The molecule has 1 rings (SSSR count). The Bertz CT molecular complexity index is 202. The van der Waals surface area contributed by atoms with Crippen molar-refractivity contribution in [3.8, 4) is 0 Å². The van der Waals surface area contributed by atoms with Crippen LogP contribution >= 0.6 is 0 Å². The van der Waals surface area contributed by atoms with Gasteiger partial charge in [0.05, 0.1) is 13.5 Å². The molecule has 60 valence electrons. The lowest BCUT2D eigenvalue weighted by atomic mass is 10.0. The van der Waals surface area contributed by atoms with E-state index in [-0.39, 0.29) is 5.97 Å². The van der Waals surface area contributed by atoms with Gasteiger partial charge in [-0.3, -0.25) is 4.79 Å². The van der Waals surface area contributed by atoms with Crippen LogP contribution in [0.4, 0.5) is 0 Å². The molecule has 0 saturated carbocycles. The van der Waals surface area contributed by atoms with Crippen molar-refractivity contribution in [3.05, 3.63) is 23.8 Å². The highest BCUT2D eigenvalue weighted by Crippen LogP contribution is 2.15. The molecule has 0 N–H and O–H groups in total. The second-order valence-electron chi connectivity index (χ2n) is 2.54. The van der Waals surface area contributed by atoms with Gasteiger partial charge in [-0.2, -0.15) is 0 Å². The molecule has 0 spiro atoms. The van der Waals surface area contributed by atoms with E-state index < -0.39 is 0 Å². The van der Waals surface area contributed by atoms with Gasteiger partial charge in [0.1, 0.15) is 0 Å². The second-order valence-corrected chi connectivity index (χ2v) is 2.54. The first kappa shape index (κ1) is 8.05. The molecule has 1 aliphatic carbocycles. The van der Waals surface area contributed by atoms with E-state index >= 15 is 0 Å². The van der Waals surface area contributed by atoms with Gasteiger partial charge in [0.15, 0.2) is 0 Å². The number of ether oxygens (including phenoxy) is 1. The number of esters is 1. The van der Waals surface area contributed by atoms with Crippen LogP contribution in [0.1, 0.15) is 19.3 Å². The third-order valence-corrected chi connectivity index (χ3v) is 1.70. The Kier molecular flexibility index (Phi) is 2.90. The smallest absolute Gasteiger partial charge is 0.309 e. The van der Waals surface area contributed by atoms with E-state index in [2.05, 4.69) is 10.8 Å². The highest BCUT2D eigenvalue weighted by Gasteiger charge is 2.05. The Morgan fingerprint density at radius 3 is 3.09 bits per heavy atom. The molecule has 0 aromatic carbocycles. The maximum Gasteiger partial charge on any atom is 0.309 e. The quantitative estimate of drug-likeness (QED) is 0.564. The maximum absolute atomic E-state index is 10.8. The van der Waals surface area contributed by atoms with Gasteiger partial charge in [0.2, 0.25) is 0 Å². The summed E-state index contributed by atoms with van der Waals surface area (Å²) in [6, 6.07) is 0. The van der Waals surface area contributed by atoms with Crippen LogP contribution in [-0.2, 0) is 9.53 Å². The van der Waals surface area contributed by atoms with E-state index in [1.54, 1.807) is 0 Å². The van der Waals surface area contributed by atoms with Crippen LogP contribution in [0.15, 0.2) is 23.8 Å². The van der Waals surface area contributed by atoms with Crippen molar-refractivity contribution in [2.24, 2.45) is 0 Å². The number of hydrogen-bond acceptors (Lipinski definition) is 2. The first-order valence-electron chi connectivity index (χ1n) is 3.74. The Balaban J connectivity index is 2.42. The number of carbonyl (C=O) groups is 1. The van der Waals surface area contributed by atoms with E-state index in [0.29, 0.717) is 6.42 Å². The van der Waals surface area contributed by atoms with Gasteiger partial charge in [-0.25, -0.2) is 0 Å². The Morgan fingerprint density at radius 1 is 1.73 bits per heavy atom. The molecule has 0 bridgehead atoms. The van der Waals surface area contributed by atoms with Gasteiger partial charge in [0, 0.05) is 0 Å². The molecular formula is C9H12O2. The third-order valence-electron chi connectivity index (χ3n) is 1.70. The molecular weight excluding hydrogens is 140 g/mol. The van der Waals surface area contributed by atoms with Crippen LogP contribution in [0.25, 0.3) is 0 Å². The zero-order valence-corrected chi connectivity index (χ0v) is 6.67. The third kappa shape index (κ3) is 2.58. The van der Waals surface area contributed by atoms with Gasteiger partial charge in [-0.15, -0.1) is 0 Å². The Morgan fingerprint density at radius 2 is 2.55 bits per heavy atom. The summed E-state index contributed by atoms with van der Waals surface area (Å²) < 4.78 is 4.55. The normalized spacial score (nSPS) is 15.9. The largest absolute Gasteiger partial charge is 0.469 e. The van der Waals surface area contributed by atoms with Gasteiger partial charge in [0.25, 0.3) is 0 Å². The van der Waals surface area contributed by atoms with Gasteiger partial charge in [-0.05, 0) is 12.8 Å². The molecule has 0 aliphatic heterocycles. The molecule has 0 heterocycles. The standard InChI is InChI=1S/C9H12O2/c1-11-9(10)7-8-5-3-2-4-6-8/h2-3,5H,4,6-7H2,1H3. The summed E-state index contributed by atoms with van der Waals surface area (Å²) in [6.07, 6.45) is 8.55. The number of methoxy groups -OCH3 is 1. The van der Waals surface area contributed by atoms with Crippen LogP contribution in [0.5, 0.6) is 0 Å². The molecule has 0 fully saturated rings. The lowest BCUT2D eigenvalue weighted by Gasteiger charge is -2.06. The van der Waals surface area contributed by atoms with Crippen molar-refractivity contribution in [1.29, 1.82) is 0 Å². The molecule has 2 nitrogen and oxygen atoms in total. The van der Waals surface area contributed by atoms with E-state index in [4.69, 9.17) is 0 Å². The first-order valence-corrected chi connectivity index (χ1v) is 3.74. The molecule has 2 heteroatoms. The molecule has 0 unspecified atom stereocenters. The summed E-state index contributed by atoms with van der Waals surface area (Å²) in [5, 5.41) is 0. The van der Waals surface area contributed by atoms with Crippen LogP contribution in [-0.4, -0.2) is 13.1 Å². The van der Waals surface area contributed by atoms with Crippen molar-refractivity contribution < 1.29 is 9.53 Å². The number of hydrogen-bond donors (Lipinski definition) is 0. The summed E-state index contributed by atoms with van der Waals surface area (Å²) in [5.41, 5.74) is 1.17. The topological polar surface area (TPSA) is 26.3 Å². The highest BCUT2D eigenvalue weighted by atomic mass is 16.5. The van der Waals surface area contributed by atoms with Gasteiger partial charge >= 0.3 is 5.97 Å². The van der Waals surface area contributed by atoms with Gasteiger partial charge in [-0.1, -0.05) is 23.8 Å². The van der Waals surface area contributed by atoms with E-state index in [1.807, 2.05) is 12.2 Å². The number of rotatable bonds is 2. The number of carbonyl (C=O) groups excluding carboxylic acids is 1. The van der Waals surface area contributed by atoms with Crippen molar-refractivity contribution in [1.82, 2.24) is 0 Å². The minimum Gasteiger partial charge on any atom is -0.469 e. The fourth-order valence-electron chi connectivity index (χ4n) is 1.06. The van der Waals surface area contributed by atoms with Crippen LogP contribution in [0, 0.1) is 0 Å². The zero-order valence-electron chi connectivity index (χ0n) is 6.67. The van der Waals surface area contributed by atoms with Crippen molar-refractivity contribution in [2.45, 2.75) is 19.3 Å². The van der Waals surface area contributed by atoms with Crippen molar-refractivity contribution >= 4 is 5.97 Å². The molecule has 1 aliphatic rings. The van der Waals surface area contributed by atoms with Gasteiger partial charge < -0.3 is 4.74 Å². The van der Waals surface area contributed by atoms with E-state index in [0.717, 1.165) is 12.8 Å². The fourth-order valence-corrected chi connectivity index (χ4v) is 1.06. The molecule has 0 saturated heterocycles. The molecule has 11 heavy (non-hydrogen) atoms. The summed E-state index contributed by atoms with van der Waals surface area (Å²) in [6.45, 7) is 0. The maximum atomic E-state index is 10.8. The van der Waals surface area contributed by atoms with Crippen molar-refractivity contribution in [2.75, 3.05) is 7.11 Å². The van der Waals surface area contributed by atoms with Crippen molar-refractivity contribution in [3.63, 3.8) is 0 Å². The molecule has 0 radical (unpaired) electrons. The van der Waals surface area contributed by atoms with Crippen LogP contribution in [0.2, 0.25) is 0 Å². The van der Waals surface area contributed by atoms with E-state index in [9.17, 15) is 4.79 Å². The zero-order chi connectivity index (χ0) is 8.10. The molecule has 0 amide bonds. The molecule has 0 atom stereocenters. The predicted molar refractivity (Wildman–Crippen MR) is 43.1 cm³/mol. The lowest BCUT2D eigenvalue weighted by Crippen LogP contribution is -2.02. The minimum absolute atomic E-state index is 0.147. The summed E-state index contributed by atoms with van der Waals surface area (Å²) in [4.78, 5) is 10.8. The summed E-state index contributed by atoms with van der Waals surface area (Å²) >= 11 is 0. The second kappa shape index (κ2) is 3.96. The fraction of sp³-hybridized carbons (Fsp3) is 0.444. The monoisotopic (exact) mass is 152 g/mol.